The Bertz CT molecular complexity index is 676. The highest BCUT2D eigenvalue weighted by molar-refractivity contribution is 5.78. The lowest BCUT2D eigenvalue weighted by molar-refractivity contribution is -0.146. The van der Waals surface area contributed by atoms with Crippen LogP contribution in [0.25, 0.3) is 0 Å². The lowest BCUT2D eigenvalue weighted by Crippen LogP contribution is -2.55. The predicted octanol–water partition coefficient (Wildman–Crippen LogP) is 1.94. The standard InChI is InChI=1S/C20H30N4O3/c1-15(2)27-12-19(26)23-8-4-6-20(13-23)7-5-18(25)24(14-20)11-17-10-21-16(3)9-22-17/h9-10,15H,4-8,11-14H2,1-3H3. The monoisotopic (exact) mass is 374 g/mol. The zero-order valence-corrected chi connectivity index (χ0v) is 16.6. The van der Waals surface area contributed by atoms with E-state index < -0.39 is 0 Å². The van der Waals surface area contributed by atoms with E-state index in [1.54, 1.807) is 12.4 Å². The summed E-state index contributed by atoms with van der Waals surface area (Å²) in [5.41, 5.74) is 1.66. The van der Waals surface area contributed by atoms with Crippen LogP contribution >= 0.6 is 0 Å². The molecule has 2 fully saturated rings. The maximum Gasteiger partial charge on any atom is 0.248 e. The second-order valence-corrected chi connectivity index (χ2v) is 8.18. The fourth-order valence-electron chi connectivity index (χ4n) is 4.03. The van der Waals surface area contributed by atoms with Crippen molar-refractivity contribution in [2.45, 2.75) is 59.1 Å². The Morgan fingerprint density at radius 2 is 2.07 bits per heavy atom. The number of aromatic nitrogens is 2. The quantitative estimate of drug-likeness (QED) is 0.787. The average molecular weight is 374 g/mol. The maximum absolute atomic E-state index is 12.5. The van der Waals surface area contributed by atoms with Crippen LogP contribution in [0.2, 0.25) is 0 Å². The van der Waals surface area contributed by atoms with E-state index >= 15 is 0 Å². The number of likely N-dealkylation sites (tertiary alicyclic amines) is 2. The van der Waals surface area contributed by atoms with E-state index in [0.29, 0.717) is 26.1 Å². The average Bonchev–Trinajstić information content (AvgIpc) is 2.65. The molecule has 0 saturated carbocycles. The van der Waals surface area contributed by atoms with Crippen LogP contribution in [0.4, 0.5) is 0 Å². The molecule has 3 rings (SSSR count). The van der Waals surface area contributed by atoms with Gasteiger partial charge >= 0.3 is 0 Å². The summed E-state index contributed by atoms with van der Waals surface area (Å²) in [4.78, 5) is 37.4. The molecule has 2 amide bonds. The molecule has 1 atom stereocenters. The zero-order valence-electron chi connectivity index (χ0n) is 16.6. The molecule has 0 bridgehead atoms. The van der Waals surface area contributed by atoms with Crippen LogP contribution in [-0.2, 0) is 20.9 Å². The lowest BCUT2D eigenvalue weighted by Gasteiger charge is -2.48. The molecule has 148 valence electrons. The van der Waals surface area contributed by atoms with E-state index in [1.165, 1.54) is 0 Å². The van der Waals surface area contributed by atoms with Gasteiger partial charge in [-0.25, -0.2) is 0 Å². The minimum atomic E-state index is -0.0161. The molecular weight excluding hydrogens is 344 g/mol. The second-order valence-electron chi connectivity index (χ2n) is 8.18. The van der Waals surface area contributed by atoms with Crippen molar-refractivity contribution in [3.05, 3.63) is 23.8 Å². The molecule has 2 saturated heterocycles. The number of hydrogen-bond acceptors (Lipinski definition) is 5. The Balaban J connectivity index is 1.65. The van der Waals surface area contributed by atoms with E-state index in [1.807, 2.05) is 30.6 Å². The Kier molecular flexibility index (Phi) is 6.09. The summed E-state index contributed by atoms with van der Waals surface area (Å²) in [5.74, 6) is 0.213. The maximum atomic E-state index is 12.5. The van der Waals surface area contributed by atoms with Crippen molar-refractivity contribution in [1.29, 1.82) is 0 Å². The van der Waals surface area contributed by atoms with E-state index in [9.17, 15) is 9.59 Å². The summed E-state index contributed by atoms with van der Waals surface area (Å²) in [7, 11) is 0. The molecule has 3 heterocycles. The zero-order chi connectivity index (χ0) is 19.4. The van der Waals surface area contributed by atoms with E-state index in [0.717, 1.165) is 37.2 Å². The summed E-state index contributed by atoms with van der Waals surface area (Å²) in [6.07, 6.45) is 6.91. The van der Waals surface area contributed by atoms with E-state index in [2.05, 4.69) is 9.97 Å². The van der Waals surface area contributed by atoms with Crippen molar-refractivity contribution in [3.63, 3.8) is 0 Å². The normalized spacial score (nSPS) is 23.3. The van der Waals surface area contributed by atoms with Crippen molar-refractivity contribution in [2.24, 2.45) is 5.41 Å². The number of carbonyl (C=O) groups excluding carboxylic acids is 2. The minimum absolute atomic E-state index is 0.0161. The third-order valence-corrected chi connectivity index (χ3v) is 5.49. The number of carbonyl (C=O) groups is 2. The van der Waals surface area contributed by atoms with E-state index in [4.69, 9.17) is 4.74 Å². The SMILES string of the molecule is Cc1cnc(CN2CC3(CCCN(C(=O)COC(C)C)C3)CCC2=O)cn1. The van der Waals surface area contributed by atoms with Crippen LogP contribution in [0.5, 0.6) is 0 Å². The number of rotatable bonds is 5. The van der Waals surface area contributed by atoms with Crippen LogP contribution in [0.1, 0.15) is 50.9 Å². The molecule has 27 heavy (non-hydrogen) atoms. The molecule has 0 aliphatic carbocycles. The first-order chi connectivity index (χ1) is 12.9. The fraction of sp³-hybridized carbons (Fsp3) is 0.700. The number of ether oxygens (including phenoxy) is 1. The van der Waals surface area contributed by atoms with Crippen molar-refractivity contribution in [2.75, 3.05) is 26.2 Å². The molecule has 7 nitrogen and oxygen atoms in total. The molecule has 0 aromatic carbocycles. The summed E-state index contributed by atoms with van der Waals surface area (Å²) in [5, 5.41) is 0. The van der Waals surface area contributed by atoms with Crippen LogP contribution < -0.4 is 0 Å². The molecule has 1 aromatic rings. The van der Waals surface area contributed by atoms with Crippen LogP contribution in [0, 0.1) is 12.3 Å². The first kappa shape index (κ1) is 19.7. The van der Waals surface area contributed by atoms with Gasteiger partial charge in [0.05, 0.1) is 30.2 Å². The van der Waals surface area contributed by atoms with Gasteiger partial charge < -0.3 is 14.5 Å². The number of nitrogens with zero attached hydrogens (tertiary/aromatic N) is 4. The third kappa shape index (κ3) is 5.03. The minimum Gasteiger partial charge on any atom is -0.369 e. The van der Waals surface area contributed by atoms with Gasteiger partial charge in [0.1, 0.15) is 6.61 Å². The van der Waals surface area contributed by atoms with Gasteiger partial charge in [-0.1, -0.05) is 0 Å². The van der Waals surface area contributed by atoms with Crippen molar-refractivity contribution >= 4 is 11.8 Å². The van der Waals surface area contributed by atoms with Gasteiger partial charge in [-0.15, -0.1) is 0 Å². The first-order valence-electron chi connectivity index (χ1n) is 9.82. The fourth-order valence-corrected chi connectivity index (χ4v) is 4.03. The third-order valence-electron chi connectivity index (χ3n) is 5.49. The Morgan fingerprint density at radius 3 is 2.78 bits per heavy atom. The summed E-state index contributed by atoms with van der Waals surface area (Å²) in [6, 6.07) is 0. The molecule has 2 aliphatic rings. The number of piperidine rings is 2. The highest BCUT2D eigenvalue weighted by Crippen LogP contribution is 2.39. The van der Waals surface area contributed by atoms with Crippen LogP contribution in [0.3, 0.4) is 0 Å². The van der Waals surface area contributed by atoms with Gasteiger partial charge in [0.2, 0.25) is 11.8 Å². The summed E-state index contributed by atoms with van der Waals surface area (Å²) >= 11 is 0. The topological polar surface area (TPSA) is 75.6 Å². The second kappa shape index (κ2) is 8.33. The van der Waals surface area contributed by atoms with Gasteiger partial charge in [-0.2, -0.15) is 0 Å². The molecule has 2 aliphatic heterocycles. The van der Waals surface area contributed by atoms with Crippen molar-refractivity contribution in [1.82, 2.24) is 19.8 Å². The van der Waals surface area contributed by atoms with Gasteiger partial charge in [-0.05, 0) is 40.0 Å². The number of aryl methyl sites for hydroxylation is 1. The molecule has 1 unspecified atom stereocenters. The molecule has 0 radical (unpaired) electrons. The van der Waals surface area contributed by atoms with Crippen molar-refractivity contribution < 1.29 is 14.3 Å². The van der Waals surface area contributed by atoms with Crippen molar-refractivity contribution in [3.8, 4) is 0 Å². The van der Waals surface area contributed by atoms with Crippen LogP contribution in [0.15, 0.2) is 12.4 Å². The Hall–Kier alpha value is -2.02. The van der Waals surface area contributed by atoms with Gasteiger partial charge in [0.25, 0.3) is 0 Å². The summed E-state index contributed by atoms with van der Waals surface area (Å²) in [6.45, 7) is 8.54. The van der Waals surface area contributed by atoms with Gasteiger partial charge in [0.15, 0.2) is 0 Å². The van der Waals surface area contributed by atoms with Gasteiger partial charge in [-0.3, -0.25) is 19.6 Å². The Labute approximate surface area is 161 Å². The Morgan fingerprint density at radius 1 is 1.26 bits per heavy atom. The van der Waals surface area contributed by atoms with Crippen LogP contribution in [-0.4, -0.2) is 63.9 Å². The lowest BCUT2D eigenvalue weighted by atomic mass is 9.73. The molecule has 1 aromatic heterocycles. The number of amides is 2. The molecule has 1 spiro atoms. The van der Waals surface area contributed by atoms with E-state index in [-0.39, 0.29) is 29.9 Å². The summed E-state index contributed by atoms with van der Waals surface area (Å²) < 4.78 is 5.49. The number of hydrogen-bond donors (Lipinski definition) is 0. The highest BCUT2D eigenvalue weighted by atomic mass is 16.5. The van der Waals surface area contributed by atoms with Gasteiger partial charge in [0, 0.05) is 37.7 Å². The molecule has 0 N–H and O–H groups in total. The largest absolute Gasteiger partial charge is 0.369 e. The predicted molar refractivity (Wildman–Crippen MR) is 101 cm³/mol. The highest BCUT2D eigenvalue weighted by Gasteiger charge is 2.42. The first-order valence-corrected chi connectivity index (χ1v) is 9.82. The molecular formula is C20H30N4O3. The molecule has 7 heteroatoms. The smallest absolute Gasteiger partial charge is 0.248 e.